The van der Waals surface area contributed by atoms with Gasteiger partial charge >= 0.3 is 0 Å². The Morgan fingerprint density at radius 1 is 1.11 bits per heavy atom. The third kappa shape index (κ3) is 2.03. The van der Waals surface area contributed by atoms with Crippen LogP contribution < -0.4 is 0 Å². The van der Waals surface area contributed by atoms with Crippen LogP contribution in [0.2, 0.25) is 10.0 Å². The summed E-state index contributed by atoms with van der Waals surface area (Å²) in [5, 5.41) is 1.32. The summed E-state index contributed by atoms with van der Waals surface area (Å²) in [7, 11) is 0. The SMILES string of the molecule is Clc1cc(Br)c2nc(-c3ccccc3Cl)[nH]c2c1. The van der Waals surface area contributed by atoms with Crippen LogP contribution in [0.25, 0.3) is 22.4 Å². The fraction of sp³-hybridized carbons (Fsp3) is 0. The molecule has 0 atom stereocenters. The Bertz CT molecular complexity index is 737. The number of fused-ring (bicyclic) bond motifs is 1. The van der Waals surface area contributed by atoms with Gasteiger partial charge in [-0.1, -0.05) is 35.3 Å². The van der Waals surface area contributed by atoms with Crippen LogP contribution in [0.1, 0.15) is 0 Å². The molecule has 1 N–H and O–H groups in total. The van der Waals surface area contributed by atoms with Gasteiger partial charge in [0.1, 0.15) is 11.3 Å². The number of hydrogen-bond donors (Lipinski definition) is 1. The molecule has 0 amide bonds. The predicted molar refractivity (Wildman–Crippen MR) is 79.2 cm³/mol. The molecule has 90 valence electrons. The molecule has 0 spiro atoms. The maximum atomic E-state index is 6.16. The largest absolute Gasteiger partial charge is 0.338 e. The van der Waals surface area contributed by atoms with Gasteiger partial charge in [0.15, 0.2) is 0 Å². The van der Waals surface area contributed by atoms with Crippen LogP contribution in [-0.4, -0.2) is 9.97 Å². The van der Waals surface area contributed by atoms with Crippen molar-refractivity contribution >= 4 is 50.2 Å². The number of benzene rings is 2. The van der Waals surface area contributed by atoms with E-state index in [9.17, 15) is 0 Å². The van der Waals surface area contributed by atoms with Gasteiger partial charge in [0.05, 0.1) is 10.5 Å². The van der Waals surface area contributed by atoms with Gasteiger partial charge < -0.3 is 4.98 Å². The van der Waals surface area contributed by atoms with Crippen molar-refractivity contribution in [2.24, 2.45) is 0 Å². The number of hydrogen-bond acceptors (Lipinski definition) is 1. The number of halogens is 3. The van der Waals surface area contributed by atoms with Crippen molar-refractivity contribution in [3.8, 4) is 11.4 Å². The first kappa shape index (κ1) is 12.0. The number of nitrogens with zero attached hydrogens (tertiary/aromatic N) is 1. The minimum absolute atomic E-state index is 0.656. The lowest BCUT2D eigenvalue weighted by atomic mass is 10.2. The second kappa shape index (κ2) is 4.57. The Labute approximate surface area is 122 Å². The third-order valence-corrected chi connectivity index (χ3v) is 3.79. The Kier molecular flexibility index (Phi) is 3.06. The molecule has 0 bridgehead atoms. The molecule has 5 heteroatoms. The maximum Gasteiger partial charge on any atom is 0.140 e. The van der Waals surface area contributed by atoms with E-state index in [1.165, 1.54) is 0 Å². The van der Waals surface area contributed by atoms with Gasteiger partial charge in [0.25, 0.3) is 0 Å². The lowest BCUT2D eigenvalue weighted by Crippen LogP contribution is -1.80. The number of rotatable bonds is 1. The van der Waals surface area contributed by atoms with E-state index < -0.39 is 0 Å². The van der Waals surface area contributed by atoms with Crippen LogP contribution in [0.4, 0.5) is 0 Å². The van der Waals surface area contributed by atoms with E-state index in [4.69, 9.17) is 23.2 Å². The lowest BCUT2D eigenvalue weighted by molar-refractivity contribution is 1.33. The zero-order valence-electron chi connectivity index (χ0n) is 9.05. The van der Waals surface area contributed by atoms with E-state index in [0.29, 0.717) is 10.0 Å². The summed E-state index contributed by atoms with van der Waals surface area (Å²) < 4.78 is 0.861. The highest BCUT2D eigenvalue weighted by Gasteiger charge is 2.11. The van der Waals surface area contributed by atoms with E-state index in [0.717, 1.165) is 26.9 Å². The van der Waals surface area contributed by atoms with Crippen LogP contribution >= 0.6 is 39.1 Å². The van der Waals surface area contributed by atoms with Crippen molar-refractivity contribution in [2.45, 2.75) is 0 Å². The molecule has 0 saturated heterocycles. The summed E-state index contributed by atoms with van der Waals surface area (Å²) in [6, 6.07) is 11.2. The molecule has 0 radical (unpaired) electrons. The van der Waals surface area contributed by atoms with E-state index >= 15 is 0 Å². The Morgan fingerprint density at radius 3 is 2.67 bits per heavy atom. The van der Waals surface area contributed by atoms with Crippen LogP contribution in [0.5, 0.6) is 0 Å². The molecule has 0 aliphatic heterocycles. The second-order valence-electron chi connectivity index (χ2n) is 3.85. The smallest absolute Gasteiger partial charge is 0.140 e. The van der Waals surface area contributed by atoms with Crippen LogP contribution in [0.15, 0.2) is 40.9 Å². The average molecular weight is 342 g/mol. The highest BCUT2D eigenvalue weighted by Crippen LogP contribution is 2.31. The first-order valence-electron chi connectivity index (χ1n) is 5.25. The van der Waals surface area contributed by atoms with Gasteiger partial charge in [-0.05, 0) is 40.2 Å². The van der Waals surface area contributed by atoms with Crippen molar-refractivity contribution in [3.05, 3.63) is 50.9 Å². The van der Waals surface area contributed by atoms with Gasteiger partial charge in [0, 0.05) is 15.1 Å². The molecule has 0 saturated carbocycles. The molecular weight excluding hydrogens is 335 g/mol. The van der Waals surface area contributed by atoms with Crippen molar-refractivity contribution in [1.82, 2.24) is 9.97 Å². The Morgan fingerprint density at radius 2 is 1.89 bits per heavy atom. The zero-order chi connectivity index (χ0) is 12.7. The third-order valence-electron chi connectivity index (χ3n) is 2.63. The number of aromatic nitrogens is 2. The Hall–Kier alpha value is -1.03. The van der Waals surface area contributed by atoms with Crippen molar-refractivity contribution in [1.29, 1.82) is 0 Å². The van der Waals surface area contributed by atoms with Crippen molar-refractivity contribution in [2.75, 3.05) is 0 Å². The van der Waals surface area contributed by atoms with E-state index in [1.807, 2.05) is 36.4 Å². The summed E-state index contributed by atoms with van der Waals surface area (Å²) in [5.41, 5.74) is 2.59. The first-order valence-corrected chi connectivity index (χ1v) is 6.80. The summed E-state index contributed by atoms with van der Waals surface area (Å²) in [6.45, 7) is 0. The molecule has 3 rings (SSSR count). The van der Waals surface area contributed by atoms with Gasteiger partial charge in [0.2, 0.25) is 0 Å². The van der Waals surface area contributed by atoms with Crippen LogP contribution in [0.3, 0.4) is 0 Å². The number of nitrogens with one attached hydrogen (secondary N) is 1. The number of aromatic amines is 1. The summed E-state index contributed by atoms with van der Waals surface area (Å²) in [4.78, 5) is 7.76. The van der Waals surface area contributed by atoms with Crippen molar-refractivity contribution in [3.63, 3.8) is 0 Å². The molecule has 0 fully saturated rings. The van der Waals surface area contributed by atoms with Crippen LogP contribution in [-0.2, 0) is 0 Å². The molecule has 0 aliphatic rings. The minimum atomic E-state index is 0.656. The predicted octanol–water partition coefficient (Wildman–Crippen LogP) is 5.30. The van der Waals surface area contributed by atoms with Gasteiger partial charge in [-0.3, -0.25) is 0 Å². The van der Waals surface area contributed by atoms with Crippen molar-refractivity contribution < 1.29 is 0 Å². The van der Waals surface area contributed by atoms with Gasteiger partial charge in [-0.2, -0.15) is 0 Å². The standard InChI is InChI=1S/C13H7BrCl2N2/c14-9-5-7(15)6-11-12(9)18-13(17-11)8-3-1-2-4-10(8)16/h1-6H,(H,17,18). The molecule has 0 unspecified atom stereocenters. The molecule has 1 aromatic heterocycles. The minimum Gasteiger partial charge on any atom is -0.338 e. The molecule has 2 nitrogen and oxygen atoms in total. The van der Waals surface area contributed by atoms with E-state index in [1.54, 1.807) is 0 Å². The zero-order valence-corrected chi connectivity index (χ0v) is 12.1. The normalized spacial score (nSPS) is 11.1. The fourth-order valence-corrected chi connectivity index (χ4v) is 2.95. The highest BCUT2D eigenvalue weighted by molar-refractivity contribution is 9.10. The highest BCUT2D eigenvalue weighted by atomic mass is 79.9. The van der Waals surface area contributed by atoms with E-state index in [-0.39, 0.29) is 0 Å². The lowest BCUT2D eigenvalue weighted by Gasteiger charge is -1.98. The Balaban J connectivity index is 2.26. The molecule has 1 heterocycles. The molecule has 2 aromatic carbocycles. The number of H-pyrrole nitrogens is 1. The fourth-order valence-electron chi connectivity index (χ4n) is 1.82. The summed E-state index contributed by atoms with van der Waals surface area (Å²) >= 11 is 15.6. The summed E-state index contributed by atoms with van der Waals surface area (Å²) in [5.74, 6) is 0.735. The monoisotopic (exact) mass is 340 g/mol. The summed E-state index contributed by atoms with van der Waals surface area (Å²) in [6.07, 6.45) is 0. The first-order chi connectivity index (χ1) is 8.65. The topological polar surface area (TPSA) is 28.7 Å². The average Bonchev–Trinajstić information content (AvgIpc) is 2.73. The molecule has 3 aromatic rings. The molecule has 18 heavy (non-hydrogen) atoms. The number of imidazole rings is 1. The molecule has 0 aliphatic carbocycles. The van der Waals surface area contributed by atoms with Gasteiger partial charge in [-0.15, -0.1) is 0 Å². The second-order valence-corrected chi connectivity index (χ2v) is 5.55. The van der Waals surface area contributed by atoms with E-state index in [2.05, 4.69) is 25.9 Å². The van der Waals surface area contributed by atoms with Crippen LogP contribution in [0, 0.1) is 0 Å². The van der Waals surface area contributed by atoms with Gasteiger partial charge in [-0.25, -0.2) is 4.98 Å². The molecular formula is C13H7BrCl2N2. The maximum absolute atomic E-state index is 6.16. The quantitative estimate of drug-likeness (QED) is 0.639.